The number of nitrogens with one attached hydrogen (secondary N) is 3. The summed E-state index contributed by atoms with van der Waals surface area (Å²) in [6, 6.07) is 4.88. The molecule has 1 atom stereocenters. The lowest BCUT2D eigenvalue weighted by Crippen LogP contribution is -2.50. The molecule has 0 aromatic heterocycles. The van der Waals surface area contributed by atoms with Crippen molar-refractivity contribution in [3.05, 3.63) is 35.6 Å². The van der Waals surface area contributed by atoms with Crippen molar-refractivity contribution in [3.8, 4) is 0 Å². The highest BCUT2D eigenvalue weighted by Gasteiger charge is 2.19. The fourth-order valence-corrected chi connectivity index (χ4v) is 2.16. The molecule has 0 heterocycles. The number of hydrogen-bond donors (Lipinski definition) is 4. The highest BCUT2D eigenvalue weighted by Crippen LogP contribution is 2.02. The van der Waals surface area contributed by atoms with Gasteiger partial charge in [-0.1, -0.05) is 25.5 Å². The number of halogens is 2. The maximum Gasteiger partial charge on any atom is 0.315 e. The van der Waals surface area contributed by atoms with E-state index in [2.05, 4.69) is 16.0 Å². The second-order valence-corrected chi connectivity index (χ2v) is 5.58. The van der Waals surface area contributed by atoms with E-state index < -0.39 is 12.1 Å². The molecule has 1 aromatic carbocycles. The first-order valence-electron chi connectivity index (χ1n) is 8.33. The third kappa shape index (κ3) is 9.89. The molecule has 25 heavy (non-hydrogen) atoms. The topological polar surface area (TPSA) is 96.2 Å². The molecule has 0 saturated carbocycles. The Kier molecular flexibility index (Phi) is 12.4. The molecule has 0 fully saturated rings. The van der Waals surface area contributed by atoms with E-state index in [9.17, 15) is 14.0 Å². The third-order valence-corrected chi connectivity index (χ3v) is 3.50. The summed E-state index contributed by atoms with van der Waals surface area (Å²) in [6.45, 7) is 3.36. The number of carbonyl (C=O) groups is 2. The predicted octanol–water partition coefficient (Wildman–Crippen LogP) is 2.07. The van der Waals surface area contributed by atoms with Crippen LogP contribution in [0.15, 0.2) is 24.3 Å². The van der Waals surface area contributed by atoms with Gasteiger partial charge < -0.3 is 21.7 Å². The van der Waals surface area contributed by atoms with Crippen LogP contribution in [0.1, 0.15) is 38.2 Å². The highest BCUT2D eigenvalue weighted by molar-refractivity contribution is 5.87. The van der Waals surface area contributed by atoms with Crippen LogP contribution in [0.25, 0.3) is 0 Å². The lowest BCUT2D eigenvalue weighted by molar-refractivity contribution is -0.123. The second-order valence-electron chi connectivity index (χ2n) is 5.58. The van der Waals surface area contributed by atoms with Crippen LogP contribution in [0.5, 0.6) is 0 Å². The Labute approximate surface area is 154 Å². The van der Waals surface area contributed by atoms with Crippen molar-refractivity contribution in [2.75, 3.05) is 13.1 Å². The SMILES string of the molecule is CCCC(NC(=O)NCc1ccc(F)cc1)C(=O)NCCCCN.Cl. The average molecular weight is 375 g/mol. The average Bonchev–Trinajstić information content (AvgIpc) is 2.57. The number of urea groups is 1. The number of benzene rings is 1. The van der Waals surface area contributed by atoms with Crippen LogP contribution >= 0.6 is 12.4 Å². The molecule has 0 aliphatic rings. The fraction of sp³-hybridized carbons (Fsp3) is 0.529. The molecule has 0 saturated heterocycles. The van der Waals surface area contributed by atoms with Crippen molar-refractivity contribution < 1.29 is 14.0 Å². The first-order chi connectivity index (χ1) is 11.6. The molecule has 5 N–H and O–H groups in total. The number of unbranched alkanes of at least 4 members (excludes halogenated alkanes) is 1. The summed E-state index contributed by atoms with van der Waals surface area (Å²) in [6.07, 6.45) is 3.01. The lowest BCUT2D eigenvalue weighted by Gasteiger charge is -2.18. The largest absolute Gasteiger partial charge is 0.354 e. The molecule has 1 aromatic rings. The van der Waals surface area contributed by atoms with Crippen LogP contribution in [0.2, 0.25) is 0 Å². The Hall–Kier alpha value is -1.86. The zero-order valence-electron chi connectivity index (χ0n) is 14.5. The first kappa shape index (κ1) is 23.1. The van der Waals surface area contributed by atoms with E-state index >= 15 is 0 Å². The van der Waals surface area contributed by atoms with Gasteiger partial charge in [0.05, 0.1) is 0 Å². The molecule has 1 unspecified atom stereocenters. The fourth-order valence-electron chi connectivity index (χ4n) is 2.16. The van der Waals surface area contributed by atoms with Gasteiger partial charge >= 0.3 is 6.03 Å². The maximum absolute atomic E-state index is 12.8. The molecule has 1 rings (SSSR count). The molecule has 0 bridgehead atoms. The van der Waals surface area contributed by atoms with Crippen LogP contribution in [-0.2, 0) is 11.3 Å². The third-order valence-electron chi connectivity index (χ3n) is 3.50. The molecule has 6 nitrogen and oxygen atoms in total. The number of carbonyl (C=O) groups excluding carboxylic acids is 2. The van der Waals surface area contributed by atoms with Gasteiger partial charge in [0.2, 0.25) is 5.91 Å². The van der Waals surface area contributed by atoms with E-state index in [1.165, 1.54) is 12.1 Å². The van der Waals surface area contributed by atoms with E-state index in [4.69, 9.17) is 5.73 Å². The van der Waals surface area contributed by atoms with Crippen molar-refractivity contribution in [1.82, 2.24) is 16.0 Å². The van der Waals surface area contributed by atoms with Crippen molar-refractivity contribution in [2.24, 2.45) is 5.73 Å². The normalized spacial score (nSPS) is 11.2. The van der Waals surface area contributed by atoms with E-state index in [0.29, 0.717) is 19.5 Å². The van der Waals surface area contributed by atoms with Crippen molar-refractivity contribution in [3.63, 3.8) is 0 Å². The summed E-state index contributed by atoms with van der Waals surface area (Å²) in [5.41, 5.74) is 6.19. The van der Waals surface area contributed by atoms with Crippen LogP contribution in [0.3, 0.4) is 0 Å². The summed E-state index contributed by atoms with van der Waals surface area (Å²) in [5, 5.41) is 8.16. The summed E-state index contributed by atoms with van der Waals surface area (Å²) >= 11 is 0. The molecule has 3 amide bonds. The Morgan fingerprint density at radius 2 is 1.84 bits per heavy atom. The van der Waals surface area contributed by atoms with Crippen molar-refractivity contribution in [1.29, 1.82) is 0 Å². The summed E-state index contributed by atoms with van der Waals surface area (Å²) in [4.78, 5) is 24.1. The van der Waals surface area contributed by atoms with E-state index in [0.717, 1.165) is 24.8 Å². The summed E-state index contributed by atoms with van der Waals surface area (Å²) < 4.78 is 12.8. The van der Waals surface area contributed by atoms with Crippen LogP contribution < -0.4 is 21.7 Å². The van der Waals surface area contributed by atoms with Gasteiger partial charge in [-0.25, -0.2) is 9.18 Å². The minimum absolute atomic E-state index is 0. The number of hydrogen-bond acceptors (Lipinski definition) is 3. The van der Waals surface area contributed by atoms with Gasteiger partial charge in [0.25, 0.3) is 0 Å². The number of amides is 3. The van der Waals surface area contributed by atoms with Crippen LogP contribution in [-0.4, -0.2) is 31.1 Å². The molecule has 142 valence electrons. The van der Waals surface area contributed by atoms with Crippen LogP contribution in [0.4, 0.5) is 9.18 Å². The summed E-state index contributed by atoms with van der Waals surface area (Å²) in [5.74, 6) is -0.511. The molecule has 0 radical (unpaired) electrons. The minimum Gasteiger partial charge on any atom is -0.354 e. The highest BCUT2D eigenvalue weighted by atomic mass is 35.5. The van der Waals surface area contributed by atoms with Gasteiger partial charge in [-0.05, 0) is 43.5 Å². The molecule has 0 aliphatic heterocycles. The maximum atomic E-state index is 12.8. The van der Waals surface area contributed by atoms with Gasteiger partial charge in [0.15, 0.2) is 0 Å². The first-order valence-corrected chi connectivity index (χ1v) is 8.33. The van der Waals surface area contributed by atoms with Gasteiger partial charge in [0.1, 0.15) is 11.9 Å². The number of nitrogens with two attached hydrogens (primary N) is 1. The van der Waals surface area contributed by atoms with Gasteiger partial charge in [-0.15, -0.1) is 12.4 Å². The molecular weight excluding hydrogens is 347 g/mol. The van der Waals surface area contributed by atoms with E-state index in [1.807, 2.05) is 6.92 Å². The van der Waals surface area contributed by atoms with Gasteiger partial charge in [0, 0.05) is 13.1 Å². The van der Waals surface area contributed by atoms with E-state index in [-0.39, 0.29) is 30.7 Å². The Bertz CT molecular complexity index is 514. The molecule has 8 heteroatoms. The summed E-state index contributed by atoms with van der Waals surface area (Å²) in [7, 11) is 0. The van der Waals surface area contributed by atoms with Gasteiger partial charge in [-0.2, -0.15) is 0 Å². The standard InChI is InChI=1S/C17H27FN4O2.ClH/c1-2-5-15(16(23)20-11-4-3-10-19)22-17(24)21-12-13-6-8-14(18)9-7-13;/h6-9,15H,2-5,10-12,19H2,1H3,(H,20,23)(H2,21,22,24);1H. The molecule has 0 spiro atoms. The molecular formula is C17H28ClFN4O2. The Morgan fingerprint density at radius 1 is 1.16 bits per heavy atom. The van der Waals surface area contributed by atoms with E-state index in [1.54, 1.807) is 12.1 Å². The van der Waals surface area contributed by atoms with Gasteiger partial charge in [-0.3, -0.25) is 4.79 Å². The second kappa shape index (κ2) is 13.4. The monoisotopic (exact) mass is 374 g/mol. The zero-order chi connectivity index (χ0) is 17.8. The van der Waals surface area contributed by atoms with Crippen molar-refractivity contribution >= 4 is 24.3 Å². The predicted molar refractivity (Wildman–Crippen MR) is 99.0 cm³/mol. The minimum atomic E-state index is -0.568. The quantitative estimate of drug-likeness (QED) is 0.472. The lowest BCUT2D eigenvalue weighted by atomic mass is 10.1. The smallest absolute Gasteiger partial charge is 0.315 e. The molecule has 0 aliphatic carbocycles. The number of rotatable bonds is 10. The Morgan fingerprint density at radius 3 is 2.44 bits per heavy atom. The van der Waals surface area contributed by atoms with Crippen LogP contribution in [0, 0.1) is 5.82 Å². The van der Waals surface area contributed by atoms with Crippen molar-refractivity contribution in [2.45, 2.75) is 45.2 Å². The Balaban J connectivity index is 0.00000576. The zero-order valence-corrected chi connectivity index (χ0v) is 15.3.